The van der Waals surface area contributed by atoms with Crippen LogP contribution in [0.3, 0.4) is 0 Å². The van der Waals surface area contributed by atoms with E-state index in [2.05, 4.69) is 15.0 Å². The van der Waals surface area contributed by atoms with Crippen LogP contribution in [0.15, 0.2) is 49.1 Å². The summed E-state index contributed by atoms with van der Waals surface area (Å²) in [6.45, 7) is 4.00. The molecule has 0 aliphatic carbocycles. The van der Waals surface area contributed by atoms with Gasteiger partial charge in [-0.2, -0.15) is 0 Å². The fourth-order valence-electron chi connectivity index (χ4n) is 2.15. The molecular formula is C18H19N3O2. The van der Waals surface area contributed by atoms with Crippen LogP contribution in [-0.2, 0) is 0 Å². The lowest BCUT2D eigenvalue weighted by Crippen LogP contribution is -2.05. The Hall–Kier alpha value is -2.82. The van der Waals surface area contributed by atoms with E-state index < -0.39 is 0 Å². The SMILES string of the molecule is CC.O=C(CCC(=O)c1ccc2nc[nH]c2c1)c1cccnc1. The third-order valence-corrected chi connectivity index (χ3v) is 3.30. The predicted molar refractivity (Wildman–Crippen MR) is 89.6 cm³/mol. The van der Waals surface area contributed by atoms with Crippen molar-refractivity contribution in [3.8, 4) is 0 Å². The number of nitrogens with one attached hydrogen (secondary N) is 1. The minimum atomic E-state index is -0.0703. The van der Waals surface area contributed by atoms with Gasteiger partial charge >= 0.3 is 0 Å². The number of ketones is 2. The molecule has 0 atom stereocenters. The molecule has 0 aliphatic rings. The summed E-state index contributed by atoms with van der Waals surface area (Å²) in [5.41, 5.74) is 2.76. The van der Waals surface area contributed by atoms with Crippen molar-refractivity contribution < 1.29 is 9.59 Å². The maximum absolute atomic E-state index is 12.1. The van der Waals surface area contributed by atoms with E-state index in [0.29, 0.717) is 11.1 Å². The van der Waals surface area contributed by atoms with Crippen LogP contribution >= 0.6 is 0 Å². The van der Waals surface area contributed by atoms with E-state index in [0.717, 1.165) is 11.0 Å². The van der Waals surface area contributed by atoms with Gasteiger partial charge in [-0.3, -0.25) is 14.6 Å². The van der Waals surface area contributed by atoms with Gasteiger partial charge in [-0.05, 0) is 30.3 Å². The Balaban J connectivity index is 0.000000924. The quantitative estimate of drug-likeness (QED) is 0.727. The first-order valence-corrected chi connectivity index (χ1v) is 7.63. The van der Waals surface area contributed by atoms with Gasteiger partial charge < -0.3 is 4.98 Å². The summed E-state index contributed by atoms with van der Waals surface area (Å²) in [4.78, 5) is 35.1. The third kappa shape index (κ3) is 4.10. The van der Waals surface area contributed by atoms with Crippen LogP contribution in [0.2, 0.25) is 0 Å². The van der Waals surface area contributed by atoms with Crippen LogP contribution in [0.4, 0.5) is 0 Å². The van der Waals surface area contributed by atoms with E-state index in [-0.39, 0.29) is 24.4 Å². The largest absolute Gasteiger partial charge is 0.345 e. The number of rotatable bonds is 5. The molecule has 0 fully saturated rings. The molecule has 1 aromatic carbocycles. The van der Waals surface area contributed by atoms with Gasteiger partial charge in [0.2, 0.25) is 0 Å². The van der Waals surface area contributed by atoms with Gasteiger partial charge in [0, 0.05) is 36.4 Å². The smallest absolute Gasteiger partial charge is 0.164 e. The molecule has 3 aromatic rings. The Bertz CT molecular complexity index is 794. The maximum Gasteiger partial charge on any atom is 0.164 e. The molecule has 118 valence electrons. The first kappa shape index (κ1) is 16.5. The Morgan fingerprint density at radius 1 is 1.04 bits per heavy atom. The second kappa shape index (κ2) is 7.98. The number of benzene rings is 1. The van der Waals surface area contributed by atoms with Crippen molar-refractivity contribution in [1.82, 2.24) is 15.0 Å². The van der Waals surface area contributed by atoms with Crippen molar-refractivity contribution in [2.45, 2.75) is 26.7 Å². The van der Waals surface area contributed by atoms with Crippen molar-refractivity contribution in [3.63, 3.8) is 0 Å². The summed E-state index contributed by atoms with van der Waals surface area (Å²) in [5.74, 6) is -0.122. The highest BCUT2D eigenvalue weighted by atomic mass is 16.1. The van der Waals surface area contributed by atoms with Crippen molar-refractivity contribution >= 4 is 22.6 Å². The fraction of sp³-hybridized carbons (Fsp3) is 0.222. The van der Waals surface area contributed by atoms with Crippen LogP contribution in [0.1, 0.15) is 47.4 Å². The van der Waals surface area contributed by atoms with E-state index in [4.69, 9.17) is 0 Å². The van der Waals surface area contributed by atoms with Crippen molar-refractivity contribution in [1.29, 1.82) is 0 Å². The molecule has 5 heteroatoms. The number of hydrogen-bond acceptors (Lipinski definition) is 4. The highest BCUT2D eigenvalue weighted by molar-refractivity contribution is 6.03. The molecule has 0 unspecified atom stereocenters. The highest BCUT2D eigenvalue weighted by Gasteiger charge is 2.12. The van der Waals surface area contributed by atoms with Crippen molar-refractivity contribution in [3.05, 3.63) is 60.2 Å². The second-order valence-electron chi connectivity index (χ2n) is 4.72. The molecule has 1 N–H and O–H groups in total. The lowest BCUT2D eigenvalue weighted by molar-refractivity contribution is 0.0917. The fourth-order valence-corrected chi connectivity index (χ4v) is 2.15. The average molecular weight is 309 g/mol. The van der Waals surface area contributed by atoms with E-state index in [9.17, 15) is 9.59 Å². The Morgan fingerprint density at radius 2 is 1.78 bits per heavy atom. The van der Waals surface area contributed by atoms with Crippen LogP contribution < -0.4 is 0 Å². The maximum atomic E-state index is 12.1. The summed E-state index contributed by atoms with van der Waals surface area (Å²) in [6.07, 6.45) is 5.09. The number of pyridine rings is 1. The molecule has 2 aromatic heterocycles. The number of Topliss-reactive ketones (excluding diaryl/α,β-unsaturated/α-hetero) is 2. The summed E-state index contributed by atoms with van der Waals surface area (Å²) in [7, 11) is 0. The van der Waals surface area contributed by atoms with E-state index in [1.807, 2.05) is 13.8 Å². The van der Waals surface area contributed by atoms with Gasteiger partial charge in [0.05, 0.1) is 17.4 Å². The number of fused-ring (bicyclic) bond motifs is 1. The van der Waals surface area contributed by atoms with Gasteiger partial charge in [-0.15, -0.1) is 0 Å². The first-order chi connectivity index (χ1) is 11.2. The monoisotopic (exact) mass is 309 g/mol. The van der Waals surface area contributed by atoms with Gasteiger partial charge in [-0.1, -0.05) is 13.8 Å². The van der Waals surface area contributed by atoms with Crippen LogP contribution in [0.25, 0.3) is 11.0 Å². The normalized spacial score (nSPS) is 10.0. The number of nitrogens with zero attached hydrogens (tertiary/aromatic N) is 2. The Kier molecular flexibility index (Phi) is 5.74. The lowest BCUT2D eigenvalue weighted by atomic mass is 10.0. The number of H-pyrrole nitrogens is 1. The molecule has 0 amide bonds. The Labute approximate surface area is 134 Å². The van der Waals surface area contributed by atoms with Crippen LogP contribution in [0.5, 0.6) is 0 Å². The number of imidazole rings is 1. The van der Waals surface area contributed by atoms with Crippen molar-refractivity contribution in [2.75, 3.05) is 0 Å². The second-order valence-corrected chi connectivity index (χ2v) is 4.72. The highest BCUT2D eigenvalue weighted by Crippen LogP contribution is 2.14. The minimum Gasteiger partial charge on any atom is -0.345 e. The molecule has 0 aliphatic heterocycles. The van der Waals surface area contributed by atoms with Crippen molar-refractivity contribution in [2.24, 2.45) is 0 Å². The number of carbonyl (C=O) groups is 2. The molecule has 0 saturated heterocycles. The zero-order valence-corrected chi connectivity index (χ0v) is 13.2. The molecule has 0 bridgehead atoms. The van der Waals surface area contributed by atoms with Crippen LogP contribution in [-0.4, -0.2) is 26.5 Å². The third-order valence-electron chi connectivity index (χ3n) is 3.30. The summed E-state index contributed by atoms with van der Waals surface area (Å²) >= 11 is 0. The molecule has 23 heavy (non-hydrogen) atoms. The molecule has 3 rings (SSSR count). The summed E-state index contributed by atoms with van der Waals surface area (Å²) in [6, 6.07) is 8.71. The summed E-state index contributed by atoms with van der Waals surface area (Å²) in [5, 5.41) is 0. The van der Waals surface area contributed by atoms with E-state index in [1.54, 1.807) is 42.9 Å². The average Bonchev–Trinajstić information content (AvgIpc) is 3.09. The van der Waals surface area contributed by atoms with E-state index in [1.165, 1.54) is 6.20 Å². The molecule has 5 nitrogen and oxygen atoms in total. The van der Waals surface area contributed by atoms with Gasteiger partial charge in [0.15, 0.2) is 11.6 Å². The van der Waals surface area contributed by atoms with E-state index >= 15 is 0 Å². The number of aromatic amines is 1. The Morgan fingerprint density at radius 3 is 2.48 bits per heavy atom. The molecular weight excluding hydrogens is 290 g/mol. The predicted octanol–water partition coefficient (Wildman–Crippen LogP) is 3.83. The molecule has 2 heterocycles. The van der Waals surface area contributed by atoms with Gasteiger partial charge in [0.25, 0.3) is 0 Å². The van der Waals surface area contributed by atoms with Gasteiger partial charge in [-0.25, -0.2) is 4.98 Å². The molecule has 0 radical (unpaired) electrons. The first-order valence-electron chi connectivity index (χ1n) is 7.63. The number of hydrogen-bond donors (Lipinski definition) is 1. The lowest BCUT2D eigenvalue weighted by Gasteiger charge is -2.01. The minimum absolute atomic E-state index is 0.0521. The molecule has 0 spiro atoms. The number of carbonyl (C=O) groups excluding carboxylic acids is 2. The molecule has 0 saturated carbocycles. The zero-order valence-electron chi connectivity index (χ0n) is 13.2. The number of aromatic nitrogens is 3. The zero-order chi connectivity index (χ0) is 16.7. The van der Waals surface area contributed by atoms with Crippen LogP contribution in [0, 0.1) is 0 Å². The van der Waals surface area contributed by atoms with Gasteiger partial charge in [0.1, 0.15) is 0 Å². The topological polar surface area (TPSA) is 75.7 Å². The summed E-state index contributed by atoms with van der Waals surface area (Å²) < 4.78 is 0. The standard InChI is InChI=1S/C16H13N3O2.C2H6/c20-15(5-6-16(21)12-2-1-7-17-9-12)11-3-4-13-14(8-11)19-10-18-13;1-2/h1-4,7-10H,5-6H2,(H,18,19);1-2H3.